The van der Waals surface area contributed by atoms with Crippen molar-refractivity contribution in [3.8, 4) is 0 Å². The Hall–Kier alpha value is -2.35. The van der Waals surface area contributed by atoms with Crippen molar-refractivity contribution in [2.24, 2.45) is 0 Å². The maximum absolute atomic E-state index is 12.9. The van der Waals surface area contributed by atoms with Crippen molar-refractivity contribution in [2.75, 3.05) is 11.3 Å². The Morgan fingerprint density at radius 2 is 1.89 bits per heavy atom. The molecule has 5 nitrogen and oxygen atoms in total. The van der Waals surface area contributed by atoms with E-state index in [0.717, 1.165) is 12.0 Å². The van der Waals surface area contributed by atoms with Gasteiger partial charge in [-0.1, -0.05) is 17.7 Å². The average Bonchev–Trinajstić information content (AvgIpc) is 3.17. The fourth-order valence-electron chi connectivity index (χ4n) is 3.13. The maximum atomic E-state index is 12.9. The number of hydrogen-bond acceptors (Lipinski definition) is 4. The first-order valence-electron chi connectivity index (χ1n) is 8.65. The van der Waals surface area contributed by atoms with Crippen LogP contribution in [-0.4, -0.2) is 25.8 Å². The molecule has 144 valence electrons. The number of halogens is 1. The number of rotatable bonds is 4. The first-order valence-corrected chi connectivity index (χ1v) is 11.4. The van der Waals surface area contributed by atoms with Crippen molar-refractivity contribution >= 4 is 44.6 Å². The Labute approximate surface area is 172 Å². The second-order valence-corrected chi connectivity index (χ2v) is 9.61. The molecule has 1 amide bonds. The molecule has 0 saturated heterocycles. The number of fused-ring (bicyclic) bond motifs is 1. The van der Waals surface area contributed by atoms with Gasteiger partial charge >= 0.3 is 0 Å². The van der Waals surface area contributed by atoms with Gasteiger partial charge in [0, 0.05) is 34.2 Å². The Balaban J connectivity index is 1.55. The highest BCUT2D eigenvalue weighted by Crippen LogP contribution is 2.26. The summed E-state index contributed by atoms with van der Waals surface area (Å²) in [5, 5.41) is 2.56. The summed E-state index contributed by atoms with van der Waals surface area (Å²) in [5.41, 5.74) is 1.93. The number of carbonyl (C=O) groups is 1. The van der Waals surface area contributed by atoms with E-state index in [-0.39, 0.29) is 10.8 Å². The molecular formula is C20H17ClN2O3S2. The van der Waals surface area contributed by atoms with Crippen LogP contribution in [0.2, 0.25) is 5.02 Å². The predicted molar refractivity (Wildman–Crippen MR) is 111 cm³/mol. The third-order valence-corrected chi connectivity index (χ3v) is 7.24. The Bertz CT molecular complexity index is 1120. The fourth-order valence-corrected chi connectivity index (χ4v) is 5.25. The van der Waals surface area contributed by atoms with E-state index in [1.807, 2.05) is 11.4 Å². The molecule has 1 N–H and O–H groups in total. The molecule has 0 saturated carbocycles. The molecule has 2 aromatic carbocycles. The lowest BCUT2D eigenvalue weighted by Gasteiger charge is -2.27. The third-order valence-electron chi connectivity index (χ3n) is 4.58. The van der Waals surface area contributed by atoms with Crippen LogP contribution < -0.4 is 4.72 Å². The molecule has 8 heteroatoms. The van der Waals surface area contributed by atoms with Gasteiger partial charge in [0.25, 0.3) is 15.9 Å². The van der Waals surface area contributed by atoms with E-state index >= 15 is 0 Å². The van der Waals surface area contributed by atoms with Crippen LogP contribution in [0.1, 0.15) is 20.8 Å². The monoisotopic (exact) mass is 432 g/mol. The molecule has 0 fully saturated rings. The molecule has 0 spiro atoms. The molecule has 3 aromatic rings. The molecular weight excluding hydrogens is 416 g/mol. The van der Waals surface area contributed by atoms with Crippen LogP contribution in [0.25, 0.3) is 0 Å². The lowest BCUT2D eigenvalue weighted by molar-refractivity contribution is 0.0735. The van der Waals surface area contributed by atoms with Crippen LogP contribution in [-0.2, 0) is 23.0 Å². The number of anilines is 1. The highest BCUT2D eigenvalue weighted by Gasteiger charge is 2.24. The lowest BCUT2D eigenvalue weighted by atomic mass is 10.1. The number of thiophene rings is 1. The van der Waals surface area contributed by atoms with Crippen LogP contribution >= 0.6 is 22.9 Å². The third kappa shape index (κ3) is 3.92. The van der Waals surface area contributed by atoms with Crippen LogP contribution in [0, 0.1) is 0 Å². The summed E-state index contributed by atoms with van der Waals surface area (Å²) in [5.74, 6) is -0.166. The highest BCUT2D eigenvalue weighted by molar-refractivity contribution is 7.92. The van der Waals surface area contributed by atoms with Gasteiger partial charge in [-0.15, -0.1) is 11.3 Å². The van der Waals surface area contributed by atoms with E-state index in [1.165, 1.54) is 17.0 Å². The average molecular weight is 433 g/mol. The molecule has 1 aliphatic heterocycles. The molecule has 0 aliphatic carbocycles. The molecule has 1 aromatic heterocycles. The minimum atomic E-state index is -3.81. The van der Waals surface area contributed by atoms with Gasteiger partial charge in [-0.25, -0.2) is 8.42 Å². The van der Waals surface area contributed by atoms with Crippen LogP contribution in [0.15, 0.2) is 64.9 Å². The Morgan fingerprint density at radius 1 is 1.11 bits per heavy atom. The summed E-state index contributed by atoms with van der Waals surface area (Å²) in [7, 11) is -3.81. The van der Waals surface area contributed by atoms with Gasteiger partial charge in [0.2, 0.25) is 0 Å². The molecule has 0 radical (unpaired) electrons. The number of nitrogens with one attached hydrogen (secondary N) is 1. The summed E-state index contributed by atoms with van der Waals surface area (Å²) in [4.78, 5) is 16.0. The zero-order valence-corrected chi connectivity index (χ0v) is 17.2. The second kappa shape index (κ2) is 7.58. The molecule has 0 atom stereocenters. The van der Waals surface area contributed by atoms with E-state index in [4.69, 9.17) is 11.6 Å². The van der Waals surface area contributed by atoms with Crippen molar-refractivity contribution in [3.05, 3.63) is 81.0 Å². The van der Waals surface area contributed by atoms with Crippen LogP contribution in [0.3, 0.4) is 0 Å². The van der Waals surface area contributed by atoms with Gasteiger partial charge in [0.1, 0.15) is 0 Å². The minimum Gasteiger partial charge on any atom is -0.334 e. The zero-order valence-electron chi connectivity index (χ0n) is 14.8. The first kappa shape index (κ1) is 19.0. The van der Waals surface area contributed by atoms with E-state index in [2.05, 4.69) is 4.72 Å². The van der Waals surface area contributed by atoms with Crippen molar-refractivity contribution in [3.63, 3.8) is 0 Å². The van der Waals surface area contributed by atoms with Gasteiger partial charge in [-0.2, -0.15) is 0 Å². The van der Waals surface area contributed by atoms with E-state index in [1.54, 1.807) is 52.6 Å². The summed E-state index contributed by atoms with van der Waals surface area (Å²) in [6.07, 6.45) is 0.828. The molecule has 0 bridgehead atoms. The fraction of sp³-hybridized carbons (Fsp3) is 0.150. The van der Waals surface area contributed by atoms with Crippen molar-refractivity contribution < 1.29 is 13.2 Å². The SMILES string of the molecule is O=C(c1cccc(S(=O)(=O)Nc2ccc(Cl)cc2)c1)N1CCc2sccc2C1. The largest absolute Gasteiger partial charge is 0.334 e. The Kier molecular flexibility index (Phi) is 5.14. The zero-order chi connectivity index (χ0) is 19.7. The molecule has 1 aliphatic rings. The van der Waals surface area contributed by atoms with Crippen molar-refractivity contribution in [1.82, 2.24) is 4.90 Å². The predicted octanol–water partition coefficient (Wildman–Crippen LogP) is 4.40. The summed E-state index contributed by atoms with van der Waals surface area (Å²) < 4.78 is 27.9. The summed E-state index contributed by atoms with van der Waals surface area (Å²) >= 11 is 7.54. The van der Waals surface area contributed by atoms with Gasteiger partial charge in [-0.05, 0) is 65.9 Å². The second-order valence-electron chi connectivity index (χ2n) is 6.49. The van der Waals surface area contributed by atoms with Gasteiger partial charge in [0.05, 0.1) is 4.90 Å². The standard InChI is InChI=1S/C20H17ClN2O3S2/c21-16-4-6-17(7-5-16)22-28(25,26)18-3-1-2-14(12-18)20(24)23-10-8-19-15(13-23)9-11-27-19/h1-7,9,11-12,22H,8,10,13H2. The summed E-state index contributed by atoms with van der Waals surface area (Å²) in [6, 6.07) is 14.5. The molecule has 4 rings (SSSR count). The minimum absolute atomic E-state index is 0.0431. The van der Waals surface area contributed by atoms with Crippen molar-refractivity contribution in [1.29, 1.82) is 0 Å². The maximum Gasteiger partial charge on any atom is 0.261 e. The number of hydrogen-bond donors (Lipinski definition) is 1. The van der Waals surface area contributed by atoms with Gasteiger partial charge in [-0.3, -0.25) is 9.52 Å². The molecule has 0 unspecified atom stereocenters. The van der Waals surface area contributed by atoms with Gasteiger partial charge < -0.3 is 4.90 Å². The van der Waals surface area contributed by atoms with Gasteiger partial charge in [0.15, 0.2) is 0 Å². The van der Waals surface area contributed by atoms with Crippen LogP contribution in [0.4, 0.5) is 5.69 Å². The normalized spacial score (nSPS) is 13.8. The number of benzene rings is 2. The smallest absolute Gasteiger partial charge is 0.261 e. The van der Waals surface area contributed by atoms with E-state index in [9.17, 15) is 13.2 Å². The molecule has 2 heterocycles. The van der Waals surface area contributed by atoms with Crippen molar-refractivity contribution in [2.45, 2.75) is 17.9 Å². The Morgan fingerprint density at radius 3 is 2.68 bits per heavy atom. The van der Waals surface area contributed by atoms with Crippen LogP contribution in [0.5, 0.6) is 0 Å². The van der Waals surface area contributed by atoms with E-state index in [0.29, 0.717) is 29.4 Å². The number of sulfonamides is 1. The molecule has 28 heavy (non-hydrogen) atoms. The topological polar surface area (TPSA) is 66.5 Å². The first-order chi connectivity index (χ1) is 13.4. The highest BCUT2D eigenvalue weighted by atomic mass is 35.5. The lowest BCUT2D eigenvalue weighted by Crippen LogP contribution is -2.35. The number of nitrogens with zero attached hydrogens (tertiary/aromatic N) is 1. The van der Waals surface area contributed by atoms with E-state index < -0.39 is 10.0 Å². The number of amides is 1. The number of carbonyl (C=O) groups excluding carboxylic acids is 1. The quantitative estimate of drug-likeness (QED) is 0.664. The summed E-state index contributed by atoms with van der Waals surface area (Å²) in [6.45, 7) is 1.18.